The highest BCUT2D eigenvalue weighted by Gasteiger charge is 2.29. The van der Waals surface area contributed by atoms with Gasteiger partial charge in [-0.2, -0.15) is 0 Å². The second-order valence-corrected chi connectivity index (χ2v) is 6.23. The number of halogens is 3. The predicted molar refractivity (Wildman–Crippen MR) is 75.2 cm³/mol. The zero-order valence-electron chi connectivity index (χ0n) is 10.9. The van der Waals surface area contributed by atoms with Crippen molar-refractivity contribution in [3.8, 4) is 0 Å². The zero-order chi connectivity index (χ0) is 14.0. The van der Waals surface area contributed by atoms with Gasteiger partial charge in [-0.3, -0.25) is 11.3 Å². The van der Waals surface area contributed by atoms with Gasteiger partial charge in [-0.25, -0.2) is 8.78 Å². The van der Waals surface area contributed by atoms with E-state index in [9.17, 15) is 8.78 Å². The highest BCUT2D eigenvalue weighted by atomic mass is 79.9. The Morgan fingerprint density at radius 1 is 1.37 bits per heavy atom. The molecule has 1 fully saturated rings. The summed E-state index contributed by atoms with van der Waals surface area (Å²) >= 11 is 3.14. The van der Waals surface area contributed by atoms with Crippen LogP contribution < -0.4 is 11.3 Å². The van der Waals surface area contributed by atoms with Crippen LogP contribution in [0.2, 0.25) is 0 Å². The first-order chi connectivity index (χ1) is 9.04. The maximum Gasteiger partial charge on any atom is 0.173 e. The van der Waals surface area contributed by atoms with Crippen LogP contribution in [0.4, 0.5) is 8.78 Å². The van der Waals surface area contributed by atoms with Crippen LogP contribution >= 0.6 is 15.9 Å². The molecule has 3 N–H and O–H groups in total. The summed E-state index contributed by atoms with van der Waals surface area (Å²) in [6.07, 6.45) is 4.50. The highest BCUT2D eigenvalue weighted by Crippen LogP contribution is 2.39. The van der Waals surface area contributed by atoms with Gasteiger partial charge in [0.05, 0.1) is 10.5 Å². The molecule has 0 aromatic heterocycles. The SMILES string of the molecule is CC1CCCC(C(NN)c2ccc(F)c(F)c2Br)C1. The van der Waals surface area contributed by atoms with Crippen molar-refractivity contribution in [2.24, 2.45) is 17.7 Å². The Morgan fingerprint density at radius 3 is 2.74 bits per heavy atom. The van der Waals surface area contributed by atoms with E-state index in [4.69, 9.17) is 5.84 Å². The number of hydrogen-bond acceptors (Lipinski definition) is 2. The van der Waals surface area contributed by atoms with E-state index in [1.165, 1.54) is 6.42 Å². The molecule has 19 heavy (non-hydrogen) atoms. The first kappa shape index (κ1) is 14.9. The average molecular weight is 333 g/mol. The molecular formula is C14H19BrF2N2. The van der Waals surface area contributed by atoms with Crippen molar-refractivity contribution in [2.75, 3.05) is 0 Å². The lowest BCUT2D eigenvalue weighted by atomic mass is 9.77. The second-order valence-electron chi connectivity index (χ2n) is 5.44. The Kier molecular flexibility index (Phi) is 4.92. The van der Waals surface area contributed by atoms with Gasteiger partial charge in [0, 0.05) is 0 Å². The molecule has 0 aliphatic heterocycles. The van der Waals surface area contributed by atoms with Crippen LogP contribution in [0, 0.1) is 23.5 Å². The summed E-state index contributed by atoms with van der Waals surface area (Å²) < 4.78 is 27.0. The fourth-order valence-electron chi connectivity index (χ4n) is 3.04. The largest absolute Gasteiger partial charge is 0.271 e. The maximum atomic E-state index is 13.6. The number of hydrogen-bond donors (Lipinski definition) is 2. The van der Waals surface area contributed by atoms with E-state index in [1.54, 1.807) is 6.07 Å². The molecule has 0 spiro atoms. The van der Waals surface area contributed by atoms with Crippen molar-refractivity contribution >= 4 is 15.9 Å². The fraction of sp³-hybridized carbons (Fsp3) is 0.571. The van der Waals surface area contributed by atoms with Crippen molar-refractivity contribution in [3.63, 3.8) is 0 Å². The molecule has 0 heterocycles. The van der Waals surface area contributed by atoms with Crippen LogP contribution in [0.3, 0.4) is 0 Å². The molecule has 1 aliphatic rings. The Labute approximate surface area is 120 Å². The van der Waals surface area contributed by atoms with E-state index in [0.717, 1.165) is 25.3 Å². The molecule has 0 radical (unpaired) electrons. The summed E-state index contributed by atoms with van der Waals surface area (Å²) in [5.41, 5.74) is 3.47. The maximum absolute atomic E-state index is 13.6. The lowest BCUT2D eigenvalue weighted by Gasteiger charge is -2.33. The lowest BCUT2D eigenvalue weighted by molar-refractivity contribution is 0.223. The lowest BCUT2D eigenvalue weighted by Crippen LogP contribution is -2.36. The molecule has 1 aliphatic carbocycles. The van der Waals surface area contributed by atoms with Crippen molar-refractivity contribution in [3.05, 3.63) is 33.8 Å². The van der Waals surface area contributed by atoms with Crippen molar-refractivity contribution < 1.29 is 8.78 Å². The predicted octanol–water partition coefficient (Wildman–Crippen LogP) is 4.06. The zero-order valence-corrected chi connectivity index (χ0v) is 12.5. The van der Waals surface area contributed by atoms with Crippen LogP contribution in [0.15, 0.2) is 16.6 Å². The van der Waals surface area contributed by atoms with Crippen molar-refractivity contribution in [1.29, 1.82) is 0 Å². The molecule has 2 nitrogen and oxygen atoms in total. The Bertz CT molecular complexity index is 453. The van der Waals surface area contributed by atoms with Gasteiger partial charge >= 0.3 is 0 Å². The normalized spacial score (nSPS) is 25.3. The van der Waals surface area contributed by atoms with Gasteiger partial charge in [0.25, 0.3) is 0 Å². The topological polar surface area (TPSA) is 38.0 Å². The van der Waals surface area contributed by atoms with Crippen molar-refractivity contribution in [1.82, 2.24) is 5.43 Å². The molecule has 0 amide bonds. The molecule has 1 aromatic carbocycles. The minimum Gasteiger partial charge on any atom is -0.271 e. The summed E-state index contributed by atoms with van der Waals surface area (Å²) in [5.74, 6) is 4.97. The monoisotopic (exact) mass is 332 g/mol. The van der Waals surface area contributed by atoms with E-state index < -0.39 is 11.6 Å². The molecule has 5 heteroatoms. The van der Waals surface area contributed by atoms with E-state index >= 15 is 0 Å². The minimum absolute atomic E-state index is 0.146. The van der Waals surface area contributed by atoms with Crippen LogP contribution in [0.5, 0.6) is 0 Å². The standard InChI is InChI=1S/C14H19BrF2N2/c1-8-3-2-4-9(7-8)14(19-18)10-5-6-11(16)13(17)12(10)15/h5-6,8-9,14,19H,2-4,7,18H2,1H3. The first-order valence-electron chi connectivity index (χ1n) is 6.64. The third-order valence-electron chi connectivity index (χ3n) is 4.03. The number of rotatable bonds is 3. The summed E-state index contributed by atoms with van der Waals surface area (Å²) in [7, 11) is 0. The summed E-state index contributed by atoms with van der Waals surface area (Å²) in [6, 6.07) is 2.62. The van der Waals surface area contributed by atoms with E-state index in [-0.39, 0.29) is 10.5 Å². The fourth-order valence-corrected chi connectivity index (χ4v) is 3.61. The molecule has 3 atom stereocenters. The van der Waals surface area contributed by atoms with Crippen LogP contribution in [-0.2, 0) is 0 Å². The molecule has 2 rings (SSSR count). The van der Waals surface area contributed by atoms with E-state index in [2.05, 4.69) is 28.3 Å². The molecule has 3 unspecified atom stereocenters. The van der Waals surface area contributed by atoms with Gasteiger partial charge in [-0.15, -0.1) is 0 Å². The third kappa shape index (κ3) is 3.15. The number of benzene rings is 1. The second kappa shape index (κ2) is 6.29. The minimum atomic E-state index is -0.846. The van der Waals surface area contributed by atoms with E-state index in [0.29, 0.717) is 17.4 Å². The molecule has 106 valence electrons. The van der Waals surface area contributed by atoms with Gasteiger partial charge in [0.1, 0.15) is 0 Å². The smallest absolute Gasteiger partial charge is 0.173 e. The van der Waals surface area contributed by atoms with E-state index in [1.807, 2.05) is 0 Å². The molecule has 1 saturated carbocycles. The van der Waals surface area contributed by atoms with Crippen LogP contribution in [0.1, 0.15) is 44.2 Å². The van der Waals surface area contributed by atoms with Crippen molar-refractivity contribution in [2.45, 2.75) is 38.6 Å². The average Bonchev–Trinajstić information content (AvgIpc) is 2.40. The molecule has 1 aromatic rings. The van der Waals surface area contributed by atoms with Crippen LogP contribution in [-0.4, -0.2) is 0 Å². The highest BCUT2D eigenvalue weighted by molar-refractivity contribution is 9.10. The van der Waals surface area contributed by atoms with Gasteiger partial charge in [0.15, 0.2) is 11.6 Å². The Morgan fingerprint density at radius 2 is 2.11 bits per heavy atom. The van der Waals surface area contributed by atoms with Gasteiger partial charge in [0.2, 0.25) is 0 Å². The Balaban J connectivity index is 2.29. The van der Waals surface area contributed by atoms with Crippen LogP contribution in [0.25, 0.3) is 0 Å². The Hall–Kier alpha value is -0.520. The molecule has 0 saturated heterocycles. The van der Waals surface area contributed by atoms with Gasteiger partial charge < -0.3 is 0 Å². The van der Waals surface area contributed by atoms with Gasteiger partial charge in [-0.1, -0.05) is 25.8 Å². The first-order valence-corrected chi connectivity index (χ1v) is 7.43. The molecular weight excluding hydrogens is 314 g/mol. The summed E-state index contributed by atoms with van der Waals surface area (Å²) in [4.78, 5) is 0. The third-order valence-corrected chi connectivity index (χ3v) is 4.83. The molecule has 0 bridgehead atoms. The summed E-state index contributed by atoms with van der Waals surface area (Å²) in [6.45, 7) is 2.22. The number of nitrogens with one attached hydrogen (secondary N) is 1. The van der Waals surface area contributed by atoms with Gasteiger partial charge in [-0.05, 0) is 52.2 Å². The quantitative estimate of drug-likeness (QED) is 0.497. The number of nitrogens with two attached hydrogens (primary N) is 1. The summed E-state index contributed by atoms with van der Waals surface area (Å²) in [5, 5.41) is 0. The number of hydrazine groups is 1.